The number of hydrogen-bond acceptors (Lipinski definition) is 9. The van der Waals surface area contributed by atoms with E-state index in [1.54, 1.807) is 18.0 Å². The third-order valence-electron chi connectivity index (χ3n) is 7.31. The van der Waals surface area contributed by atoms with E-state index in [-0.39, 0.29) is 28.9 Å². The van der Waals surface area contributed by atoms with Crippen molar-refractivity contribution in [3.8, 4) is 0 Å². The van der Waals surface area contributed by atoms with Crippen LogP contribution >= 0.6 is 34.7 Å². The minimum absolute atomic E-state index is 0.117. The molecule has 3 heterocycles. The first-order valence-electron chi connectivity index (χ1n) is 11.8. The monoisotopic (exact) mass is 564 g/mol. The number of nitrogens with one attached hydrogen (secondary N) is 1. The van der Waals surface area contributed by atoms with E-state index in [4.69, 9.17) is 21.3 Å². The summed E-state index contributed by atoms with van der Waals surface area (Å²) in [5, 5.41) is 15.3. The molecule has 0 amide bonds. The predicted octanol–water partition coefficient (Wildman–Crippen LogP) is 4.12. The Morgan fingerprint density at radius 3 is 2.89 bits per heavy atom. The van der Waals surface area contributed by atoms with Gasteiger partial charge in [0.2, 0.25) is 0 Å². The number of hydrogen-bond donors (Lipinski definition) is 2. The van der Waals surface area contributed by atoms with Crippen LogP contribution in [0.5, 0.6) is 0 Å². The van der Waals surface area contributed by atoms with Gasteiger partial charge in [0.05, 0.1) is 12.7 Å². The van der Waals surface area contributed by atoms with Crippen LogP contribution in [0.4, 0.5) is 4.39 Å². The number of carboxylic acids is 1. The maximum absolute atomic E-state index is 13.9. The maximum Gasteiger partial charge on any atom is 0.338 e. The molecule has 196 valence electrons. The van der Waals surface area contributed by atoms with Gasteiger partial charge in [-0.1, -0.05) is 17.7 Å². The summed E-state index contributed by atoms with van der Waals surface area (Å²) in [4.78, 5) is 36.0. The number of aliphatic carboxylic acids is 1. The van der Waals surface area contributed by atoms with Gasteiger partial charge in [-0.15, -0.1) is 11.3 Å². The normalized spacial score (nSPS) is 28.4. The Kier molecular flexibility index (Phi) is 7.32. The Morgan fingerprint density at radius 2 is 2.24 bits per heavy atom. The number of carbonyl (C=O) groups excluding carboxylic acids is 1. The lowest BCUT2D eigenvalue weighted by Crippen LogP contribution is -2.38. The summed E-state index contributed by atoms with van der Waals surface area (Å²) >= 11 is 9.58. The molecule has 5 rings (SSSR count). The fourth-order valence-corrected chi connectivity index (χ4v) is 7.64. The highest BCUT2D eigenvalue weighted by Crippen LogP contribution is 2.57. The van der Waals surface area contributed by atoms with Gasteiger partial charge in [-0.2, -0.15) is 11.8 Å². The first-order valence-corrected chi connectivity index (χ1v) is 14.4. The molecule has 1 saturated carbocycles. The second-order valence-corrected chi connectivity index (χ2v) is 11.6. The molecule has 5 atom stereocenters. The third-order valence-corrected chi connectivity index (χ3v) is 9.20. The summed E-state index contributed by atoms with van der Waals surface area (Å²) in [5.41, 5.74) is 1.31. The van der Waals surface area contributed by atoms with Crippen LogP contribution in [-0.2, 0) is 14.3 Å². The smallest absolute Gasteiger partial charge is 0.338 e. The molecule has 1 aromatic carbocycles. The lowest BCUT2D eigenvalue weighted by atomic mass is 9.95. The Bertz CT molecular complexity index is 1290. The molecular formula is C25H26ClFN4O4S2. The molecule has 2 aromatic rings. The van der Waals surface area contributed by atoms with Gasteiger partial charge in [0.1, 0.15) is 11.9 Å². The number of carbonyl (C=O) groups is 2. The number of ether oxygens (including phenoxy) is 1. The number of nitrogens with zero attached hydrogens (tertiary/aromatic N) is 3. The molecule has 0 spiro atoms. The fraction of sp³-hybridized carbons (Fsp3) is 0.440. The Hall–Kier alpha value is -2.47. The lowest BCUT2D eigenvalue weighted by Gasteiger charge is -2.29. The number of methoxy groups -OCH3 is 1. The molecule has 8 nitrogen and oxygen atoms in total. The number of aliphatic imine (C=N–C) groups is 1. The third kappa shape index (κ3) is 4.89. The molecule has 2 aliphatic heterocycles. The number of piperidine rings is 1. The van der Waals surface area contributed by atoms with Gasteiger partial charge in [0.25, 0.3) is 0 Å². The van der Waals surface area contributed by atoms with E-state index in [0.29, 0.717) is 34.2 Å². The minimum atomic E-state index is -0.813. The van der Waals surface area contributed by atoms with Crippen molar-refractivity contribution < 1.29 is 23.8 Å². The first-order chi connectivity index (χ1) is 17.8. The SMILES string of the molecule is COC(=O)C1=C(CN2C3CC(CC(=O)O)CC32CSC)NC(c2nccs2)=NC1c1ccc(F)cc1Cl. The molecule has 0 bridgehead atoms. The van der Waals surface area contributed by atoms with Crippen LogP contribution in [0.15, 0.2) is 46.0 Å². The fourth-order valence-electron chi connectivity index (χ4n) is 5.80. The van der Waals surface area contributed by atoms with E-state index >= 15 is 0 Å². The van der Waals surface area contributed by atoms with Crippen molar-refractivity contribution >= 4 is 52.5 Å². The van der Waals surface area contributed by atoms with Crippen molar-refractivity contribution in [2.24, 2.45) is 10.9 Å². The number of amidine groups is 1. The van der Waals surface area contributed by atoms with E-state index in [0.717, 1.165) is 18.6 Å². The summed E-state index contributed by atoms with van der Waals surface area (Å²) in [6.45, 7) is 0.426. The van der Waals surface area contributed by atoms with Gasteiger partial charge < -0.3 is 15.2 Å². The van der Waals surface area contributed by atoms with Gasteiger partial charge >= 0.3 is 11.9 Å². The van der Waals surface area contributed by atoms with Crippen molar-refractivity contribution in [1.29, 1.82) is 0 Å². The van der Waals surface area contributed by atoms with Gasteiger partial charge in [0, 0.05) is 58.2 Å². The first kappa shape index (κ1) is 26.1. The van der Waals surface area contributed by atoms with Crippen LogP contribution in [-0.4, -0.2) is 70.0 Å². The molecule has 0 radical (unpaired) electrons. The number of thioether (sulfide) groups is 1. The Morgan fingerprint density at radius 1 is 1.43 bits per heavy atom. The highest BCUT2D eigenvalue weighted by molar-refractivity contribution is 7.98. The largest absolute Gasteiger partial charge is 0.481 e. The molecule has 2 N–H and O–H groups in total. The van der Waals surface area contributed by atoms with E-state index in [1.807, 2.05) is 11.6 Å². The zero-order valence-corrected chi connectivity index (χ0v) is 22.6. The molecule has 1 saturated heterocycles. The van der Waals surface area contributed by atoms with Gasteiger partial charge in [0.15, 0.2) is 10.8 Å². The molecule has 5 unspecified atom stereocenters. The van der Waals surface area contributed by atoms with Crippen molar-refractivity contribution in [1.82, 2.24) is 15.2 Å². The van der Waals surface area contributed by atoms with E-state index in [9.17, 15) is 19.1 Å². The molecular weight excluding hydrogens is 539 g/mol. The number of aromatic nitrogens is 1. The maximum atomic E-state index is 13.9. The number of thiazole rings is 1. The van der Waals surface area contributed by atoms with E-state index in [1.165, 1.54) is 36.6 Å². The second-order valence-electron chi connectivity index (χ2n) is 9.48. The van der Waals surface area contributed by atoms with Crippen molar-refractivity contribution in [3.05, 3.63) is 62.5 Å². The van der Waals surface area contributed by atoms with E-state index < -0.39 is 23.8 Å². The van der Waals surface area contributed by atoms with Gasteiger partial charge in [-0.3, -0.25) is 14.7 Å². The van der Waals surface area contributed by atoms with Gasteiger partial charge in [-0.25, -0.2) is 14.2 Å². The summed E-state index contributed by atoms with van der Waals surface area (Å²) in [5.74, 6) is -0.303. The number of rotatable bonds is 9. The topological polar surface area (TPSA) is 104 Å². The summed E-state index contributed by atoms with van der Waals surface area (Å²) in [6.07, 6.45) is 5.49. The number of halogens is 2. The number of fused-ring (bicyclic) bond motifs is 1. The molecule has 12 heteroatoms. The summed E-state index contributed by atoms with van der Waals surface area (Å²) in [6, 6.07) is 3.45. The van der Waals surface area contributed by atoms with Crippen LogP contribution < -0.4 is 5.32 Å². The predicted molar refractivity (Wildman–Crippen MR) is 142 cm³/mol. The molecule has 1 aromatic heterocycles. The average molecular weight is 565 g/mol. The Balaban J connectivity index is 1.53. The van der Waals surface area contributed by atoms with Crippen LogP contribution in [0.1, 0.15) is 35.9 Å². The number of likely N-dealkylation sites (tertiary alicyclic amines) is 1. The standard InChI is InChI=1S/C25H26ClFN4O4S2/c1-35-24(34)20-17(11-31-18-7-13(8-19(32)33)10-25(18,31)12-36-2)29-22(23-28-5-6-37-23)30-21(20)15-4-3-14(27)9-16(15)26/h3-6,9,13,18,21H,7-8,10-12H2,1-2H3,(H,29,30)(H,32,33). The average Bonchev–Trinajstić information content (AvgIpc) is 3.25. The zero-order valence-electron chi connectivity index (χ0n) is 20.2. The molecule has 37 heavy (non-hydrogen) atoms. The van der Waals surface area contributed by atoms with Crippen molar-refractivity contribution in [2.45, 2.75) is 36.9 Å². The second kappa shape index (κ2) is 10.4. The van der Waals surface area contributed by atoms with Crippen molar-refractivity contribution in [2.75, 3.05) is 25.7 Å². The van der Waals surface area contributed by atoms with Crippen LogP contribution in [0.2, 0.25) is 5.02 Å². The van der Waals surface area contributed by atoms with Crippen LogP contribution in [0.25, 0.3) is 0 Å². The number of benzene rings is 1. The van der Waals surface area contributed by atoms with Crippen molar-refractivity contribution in [3.63, 3.8) is 0 Å². The minimum Gasteiger partial charge on any atom is -0.481 e. The molecule has 2 fully saturated rings. The van der Waals surface area contributed by atoms with Crippen LogP contribution in [0.3, 0.4) is 0 Å². The summed E-state index contributed by atoms with van der Waals surface area (Å²) < 4.78 is 19.0. The quantitative estimate of drug-likeness (QED) is 0.346. The number of esters is 1. The van der Waals surface area contributed by atoms with Gasteiger partial charge in [-0.05, 0) is 37.1 Å². The lowest BCUT2D eigenvalue weighted by molar-refractivity contribution is -0.138. The summed E-state index contributed by atoms with van der Waals surface area (Å²) in [7, 11) is 1.31. The zero-order chi connectivity index (χ0) is 26.3. The highest BCUT2D eigenvalue weighted by atomic mass is 35.5. The van der Waals surface area contributed by atoms with E-state index in [2.05, 4.69) is 15.2 Å². The Labute approximate surface area is 227 Å². The molecule has 1 aliphatic carbocycles. The highest BCUT2D eigenvalue weighted by Gasteiger charge is 2.66. The number of carboxylic acid groups (broad SMARTS) is 1. The van der Waals surface area contributed by atoms with Crippen LogP contribution in [0, 0.1) is 11.7 Å². The molecule has 3 aliphatic rings.